The summed E-state index contributed by atoms with van der Waals surface area (Å²) in [4.78, 5) is 0. The summed E-state index contributed by atoms with van der Waals surface area (Å²) in [5.74, 6) is 1.44. The summed E-state index contributed by atoms with van der Waals surface area (Å²) < 4.78 is 5.40. The van der Waals surface area contributed by atoms with E-state index in [4.69, 9.17) is 4.74 Å². The molecule has 0 heterocycles. The number of ether oxygens (including phenoxy) is 1. The minimum atomic E-state index is 0.338. The third-order valence-corrected chi connectivity index (χ3v) is 2.78. The summed E-state index contributed by atoms with van der Waals surface area (Å²) in [6.45, 7) is 8.39. The first-order valence-corrected chi connectivity index (χ1v) is 5.63. The highest BCUT2D eigenvalue weighted by Gasteiger charge is 2.17. The highest BCUT2D eigenvalue weighted by molar-refractivity contribution is 5.55. The average Bonchev–Trinajstić information content (AvgIpc) is 2.26. The quantitative estimate of drug-likeness (QED) is 0.771. The lowest BCUT2D eigenvalue weighted by molar-refractivity contribution is 0.405. The van der Waals surface area contributed by atoms with Crippen LogP contribution < -0.4 is 4.74 Å². The molecule has 0 fully saturated rings. The van der Waals surface area contributed by atoms with E-state index in [-0.39, 0.29) is 0 Å². The zero-order valence-electron chi connectivity index (χ0n) is 10.7. The zero-order valence-corrected chi connectivity index (χ0v) is 10.7. The van der Waals surface area contributed by atoms with Crippen molar-refractivity contribution in [3.63, 3.8) is 0 Å². The smallest absolute Gasteiger partial charge is 0.140 e. The molecule has 0 aromatic heterocycles. The summed E-state index contributed by atoms with van der Waals surface area (Å²) in [5, 5.41) is 9.26. The van der Waals surface area contributed by atoms with Crippen molar-refractivity contribution >= 4 is 0 Å². The molecule has 0 spiro atoms. The molecule has 0 aliphatic heterocycles. The van der Waals surface area contributed by atoms with Gasteiger partial charge in [0.15, 0.2) is 0 Å². The van der Waals surface area contributed by atoms with Gasteiger partial charge in [0.25, 0.3) is 0 Å². The van der Waals surface area contributed by atoms with E-state index in [1.54, 1.807) is 7.11 Å². The minimum absolute atomic E-state index is 0.338. The van der Waals surface area contributed by atoms with E-state index >= 15 is 0 Å². The van der Waals surface area contributed by atoms with Gasteiger partial charge in [0.1, 0.15) is 11.8 Å². The number of nitrogens with zero attached hydrogens (tertiary/aromatic N) is 1. The summed E-state index contributed by atoms with van der Waals surface area (Å²) in [7, 11) is 1.63. The van der Waals surface area contributed by atoms with Crippen LogP contribution in [0.25, 0.3) is 0 Å². The maximum Gasteiger partial charge on any atom is 0.140 e. The topological polar surface area (TPSA) is 33.0 Å². The lowest BCUT2D eigenvalue weighted by Gasteiger charge is -2.17. The van der Waals surface area contributed by atoms with E-state index < -0.39 is 0 Å². The van der Waals surface area contributed by atoms with Crippen molar-refractivity contribution in [2.24, 2.45) is 0 Å². The molecule has 0 N–H and O–H groups in total. The van der Waals surface area contributed by atoms with Crippen LogP contribution in [0.5, 0.6) is 5.75 Å². The average molecular weight is 217 g/mol. The molecule has 1 aromatic rings. The Kier molecular flexibility index (Phi) is 3.95. The van der Waals surface area contributed by atoms with E-state index in [1.807, 2.05) is 6.07 Å². The van der Waals surface area contributed by atoms with Gasteiger partial charge in [-0.05, 0) is 23.0 Å². The molecule has 0 radical (unpaired) electrons. The number of hydrogen-bond acceptors (Lipinski definition) is 2. The first-order valence-electron chi connectivity index (χ1n) is 5.63. The molecule has 0 bridgehead atoms. The first kappa shape index (κ1) is 12.6. The Morgan fingerprint density at radius 1 is 1.06 bits per heavy atom. The fraction of sp³-hybridized carbons (Fsp3) is 0.500. The van der Waals surface area contributed by atoms with Gasteiger partial charge in [-0.15, -0.1) is 0 Å². The standard InChI is InChI=1S/C14H19NO/c1-9(2)11-6-7-12(10(3)4)14(16-5)13(11)8-15/h6-7,9-10H,1-5H3. The van der Waals surface area contributed by atoms with Gasteiger partial charge in [-0.1, -0.05) is 39.8 Å². The Hall–Kier alpha value is -1.49. The number of benzene rings is 1. The van der Waals surface area contributed by atoms with Crippen molar-refractivity contribution in [2.75, 3.05) is 7.11 Å². The monoisotopic (exact) mass is 217 g/mol. The molecule has 1 aromatic carbocycles. The van der Waals surface area contributed by atoms with Gasteiger partial charge in [0.05, 0.1) is 12.7 Å². The Balaban J connectivity index is 3.48. The molecule has 86 valence electrons. The van der Waals surface area contributed by atoms with Crippen LogP contribution in [0, 0.1) is 11.3 Å². The summed E-state index contributed by atoms with van der Waals surface area (Å²) in [6.07, 6.45) is 0. The van der Waals surface area contributed by atoms with Crippen molar-refractivity contribution in [2.45, 2.75) is 39.5 Å². The predicted molar refractivity (Wildman–Crippen MR) is 65.9 cm³/mol. The van der Waals surface area contributed by atoms with Crippen LogP contribution in [0.15, 0.2) is 12.1 Å². The van der Waals surface area contributed by atoms with Gasteiger partial charge in [0.2, 0.25) is 0 Å². The Bertz CT molecular complexity index is 413. The summed E-state index contributed by atoms with van der Waals surface area (Å²) in [5.41, 5.74) is 2.84. The maximum atomic E-state index is 9.26. The second-order valence-corrected chi connectivity index (χ2v) is 4.57. The largest absolute Gasteiger partial charge is 0.495 e. The van der Waals surface area contributed by atoms with Crippen LogP contribution in [0.3, 0.4) is 0 Å². The van der Waals surface area contributed by atoms with Gasteiger partial charge >= 0.3 is 0 Å². The normalized spacial score (nSPS) is 10.6. The van der Waals surface area contributed by atoms with E-state index in [9.17, 15) is 5.26 Å². The molecule has 0 saturated heterocycles. The van der Waals surface area contributed by atoms with Gasteiger partial charge in [-0.2, -0.15) is 5.26 Å². The summed E-state index contributed by atoms with van der Waals surface area (Å²) >= 11 is 0. The number of rotatable bonds is 3. The first-order chi connectivity index (χ1) is 7.52. The Morgan fingerprint density at radius 2 is 1.56 bits per heavy atom. The van der Waals surface area contributed by atoms with Gasteiger partial charge in [-0.25, -0.2) is 0 Å². The van der Waals surface area contributed by atoms with Crippen molar-refractivity contribution in [3.8, 4) is 11.8 Å². The highest BCUT2D eigenvalue weighted by atomic mass is 16.5. The van der Waals surface area contributed by atoms with Crippen LogP contribution in [0.2, 0.25) is 0 Å². The third-order valence-electron chi connectivity index (χ3n) is 2.78. The van der Waals surface area contributed by atoms with Crippen LogP contribution in [0.1, 0.15) is 56.2 Å². The second-order valence-electron chi connectivity index (χ2n) is 4.57. The Morgan fingerprint density at radius 3 is 1.94 bits per heavy atom. The van der Waals surface area contributed by atoms with Crippen LogP contribution >= 0.6 is 0 Å². The molecule has 0 saturated carbocycles. The van der Waals surface area contributed by atoms with Gasteiger partial charge < -0.3 is 4.74 Å². The van der Waals surface area contributed by atoms with Crippen LogP contribution in [0.4, 0.5) is 0 Å². The molecule has 1 rings (SSSR count). The van der Waals surface area contributed by atoms with Crippen molar-refractivity contribution in [3.05, 3.63) is 28.8 Å². The molecule has 2 heteroatoms. The fourth-order valence-corrected chi connectivity index (χ4v) is 1.89. The van der Waals surface area contributed by atoms with Crippen LogP contribution in [-0.2, 0) is 0 Å². The third kappa shape index (κ3) is 2.19. The SMILES string of the molecule is COc1c(C(C)C)ccc(C(C)C)c1C#N. The van der Waals surface area contributed by atoms with E-state index in [1.165, 1.54) is 0 Å². The molecule has 0 atom stereocenters. The molecular formula is C14H19NO. The van der Waals surface area contributed by atoms with Crippen molar-refractivity contribution in [1.82, 2.24) is 0 Å². The van der Waals surface area contributed by atoms with E-state index in [2.05, 4.69) is 39.8 Å². The molecule has 0 amide bonds. The fourth-order valence-electron chi connectivity index (χ4n) is 1.89. The molecular weight excluding hydrogens is 198 g/mol. The number of methoxy groups -OCH3 is 1. The van der Waals surface area contributed by atoms with Crippen molar-refractivity contribution in [1.29, 1.82) is 5.26 Å². The van der Waals surface area contributed by atoms with Crippen LogP contribution in [-0.4, -0.2) is 7.11 Å². The van der Waals surface area contributed by atoms with Gasteiger partial charge in [0, 0.05) is 0 Å². The minimum Gasteiger partial charge on any atom is -0.495 e. The molecule has 2 nitrogen and oxygen atoms in total. The maximum absolute atomic E-state index is 9.26. The molecule has 0 aliphatic carbocycles. The number of hydrogen-bond donors (Lipinski definition) is 0. The molecule has 0 unspecified atom stereocenters. The second kappa shape index (κ2) is 5.03. The molecule has 16 heavy (non-hydrogen) atoms. The number of nitriles is 1. The van der Waals surface area contributed by atoms with E-state index in [0.29, 0.717) is 17.4 Å². The Labute approximate surface area is 97.9 Å². The van der Waals surface area contributed by atoms with Gasteiger partial charge in [-0.3, -0.25) is 0 Å². The summed E-state index contributed by atoms with van der Waals surface area (Å²) in [6, 6.07) is 6.38. The lowest BCUT2D eigenvalue weighted by Crippen LogP contribution is -2.02. The lowest BCUT2D eigenvalue weighted by atomic mass is 9.91. The molecule has 0 aliphatic rings. The van der Waals surface area contributed by atoms with Crippen molar-refractivity contribution < 1.29 is 4.74 Å². The van der Waals surface area contributed by atoms with E-state index in [0.717, 1.165) is 16.9 Å². The predicted octanol–water partition coefficient (Wildman–Crippen LogP) is 3.81. The highest BCUT2D eigenvalue weighted by Crippen LogP contribution is 2.34. The zero-order chi connectivity index (χ0) is 12.3.